The van der Waals surface area contributed by atoms with Crippen molar-refractivity contribution in [3.8, 4) is 11.3 Å². The van der Waals surface area contributed by atoms with Crippen LogP contribution < -0.4 is 0 Å². The highest BCUT2D eigenvalue weighted by Crippen LogP contribution is 2.31. The fourth-order valence-electron chi connectivity index (χ4n) is 2.61. The maximum absolute atomic E-state index is 4.67. The first-order valence-electron chi connectivity index (χ1n) is 7.19. The summed E-state index contributed by atoms with van der Waals surface area (Å²) in [7, 11) is 0. The summed E-state index contributed by atoms with van der Waals surface area (Å²) in [4.78, 5) is 1.74. The van der Waals surface area contributed by atoms with Gasteiger partial charge in [0.15, 0.2) is 0 Å². The number of aromatic nitrogens is 3. The van der Waals surface area contributed by atoms with Crippen LogP contribution in [0.25, 0.3) is 16.8 Å². The predicted molar refractivity (Wildman–Crippen MR) is 82.1 cm³/mol. The fourth-order valence-corrected chi connectivity index (χ4v) is 2.61. The van der Waals surface area contributed by atoms with Crippen LogP contribution in [0.2, 0.25) is 0 Å². The highest BCUT2D eigenvalue weighted by atomic mass is 15.5. The first-order valence-corrected chi connectivity index (χ1v) is 7.19. The van der Waals surface area contributed by atoms with Crippen LogP contribution in [0, 0.1) is 0 Å². The highest BCUT2D eigenvalue weighted by Gasteiger charge is 2.17. The van der Waals surface area contributed by atoms with Crippen molar-refractivity contribution < 1.29 is 0 Å². The van der Waals surface area contributed by atoms with E-state index >= 15 is 0 Å². The molecule has 0 spiro atoms. The average Bonchev–Trinajstić information content (AvgIpc) is 2.93. The van der Waals surface area contributed by atoms with E-state index in [1.807, 2.05) is 24.3 Å². The Labute approximate surface area is 119 Å². The highest BCUT2D eigenvalue weighted by molar-refractivity contribution is 5.76. The van der Waals surface area contributed by atoms with Crippen LogP contribution in [0.1, 0.15) is 31.4 Å². The van der Waals surface area contributed by atoms with Crippen molar-refractivity contribution in [3.63, 3.8) is 0 Å². The lowest BCUT2D eigenvalue weighted by Gasteiger charge is -2.11. The van der Waals surface area contributed by atoms with E-state index in [9.17, 15) is 0 Å². The number of nitrogens with zero attached hydrogens (tertiary/aromatic N) is 3. The summed E-state index contributed by atoms with van der Waals surface area (Å²) in [6.07, 6.45) is 8.93. The Kier molecular flexibility index (Phi) is 3.77. The van der Waals surface area contributed by atoms with E-state index in [0.717, 1.165) is 29.8 Å². The third-order valence-corrected chi connectivity index (χ3v) is 3.59. The maximum atomic E-state index is 4.67. The van der Waals surface area contributed by atoms with E-state index in [0.29, 0.717) is 6.54 Å². The third-order valence-electron chi connectivity index (χ3n) is 3.59. The average molecular weight is 265 g/mol. The van der Waals surface area contributed by atoms with E-state index in [-0.39, 0.29) is 0 Å². The van der Waals surface area contributed by atoms with Crippen molar-refractivity contribution in [3.05, 3.63) is 54.8 Å². The van der Waals surface area contributed by atoms with E-state index in [4.69, 9.17) is 0 Å². The van der Waals surface area contributed by atoms with Gasteiger partial charge >= 0.3 is 0 Å². The Morgan fingerprint density at radius 2 is 1.90 bits per heavy atom. The van der Waals surface area contributed by atoms with E-state index < -0.39 is 0 Å². The molecule has 0 N–H and O–H groups in total. The predicted octanol–water partition coefficient (Wildman–Crippen LogP) is 4.09. The van der Waals surface area contributed by atoms with Crippen LogP contribution in [0.5, 0.6) is 0 Å². The number of rotatable bonds is 4. The van der Waals surface area contributed by atoms with Crippen molar-refractivity contribution in [1.82, 2.24) is 15.0 Å². The van der Waals surface area contributed by atoms with Gasteiger partial charge in [-0.25, -0.2) is 0 Å². The molecule has 0 fully saturated rings. The molecular formula is C17H19N3. The molecule has 0 saturated carbocycles. The summed E-state index contributed by atoms with van der Waals surface area (Å²) in [5.74, 6) is 0. The van der Waals surface area contributed by atoms with Crippen molar-refractivity contribution in [2.24, 2.45) is 0 Å². The first-order chi connectivity index (χ1) is 9.88. The van der Waals surface area contributed by atoms with Gasteiger partial charge in [0.2, 0.25) is 0 Å². The summed E-state index contributed by atoms with van der Waals surface area (Å²) < 4.78 is 0. The smallest absolute Gasteiger partial charge is 0.120 e. The fraction of sp³-hybridized carbons (Fsp3) is 0.294. The molecule has 1 aromatic heterocycles. The van der Waals surface area contributed by atoms with E-state index in [2.05, 4.69) is 35.0 Å². The molecule has 0 amide bonds. The molecule has 0 atom stereocenters. The second-order valence-corrected chi connectivity index (χ2v) is 5.08. The Morgan fingerprint density at radius 1 is 1.10 bits per heavy atom. The molecule has 102 valence electrons. The lowest BCUT2D eigenvalue weighted by molar-refractivity contribution is 0.601. The number of allylic oxidation sites excluding steroid dienone is 3. The molecule has 20 heavy (non-hydrogen) atoms. The minimum atomic E-state index is 0.646. The van der Waals surface area contributed by atoms with Gasteiger partial charge in [-0.05, 0) is 31.3 Å². The summed E-state index contributed by atoms with van der Waals surface area (Å²) in [5, 5.41) is 9.30. The molecule has 3 rings (SSSR count). The molecule has 0 aliphatic heterocycles. The minimum absolute atomic E-state index is 0.646. The zero-order valence-corrected chi connectivity index (χ0v) is 11.6. The zero-order chi connectivity index (χ0) is 13.8. The maximum Gasteiger partial charge on any atom is 0.120 e. The van der Waals surface area contributed by atoms with Crippen molar-refractivity contribution in [1.29, 1.82) is 0 Å². The van der Waals surface area contributed by atoms with Gasteiger partial charge in [-0.3, -0.25) is 0 Å². The van der Waals surface area contributed by atoms with Gasteiger partial charge in [0, 0.05) is 5.56 Å². The van der Waals surface area contributed by atoms with Gasteiger partial charge in [-0.1, -0.05) is 42.5 Å². The molecule has 1 aliphatic carbocycles. The number of hydrogen-bond donors (Lipinski definition) is 0. The van der Waals surface area contributed by atoms with Crippen molar-refractivity contribution in [2.75, 3.05) is 0 Å². The van der Waals surface area contributed by atoms with Gasteiger partial charge in [0.25, 0.3) is 0 Å². The van der Waals surface area contributed by atoms with Gasteiger partial charge < -0.3 is 0 Å². The molecule has 0 unspecified atom stereocenters. The van der Waals surface area contributed by atoms with Crippen LogP contribution in [0.3, 0.4) is 0 Å². The van der Waals surface area contributed by atoms with E-state index in [1.54, 1.807) is 4.80 Å². The Hall–Kier alpha value is -2.16. The summed E-state index contributed by atoms with van der Waals surface area (Å²) in [6, 6.07) is 10.3. The normalized spacial score (nSPS) is 14.9. The summed E-state index contributed by atoms with van der Waals surface area (Å²) in [6.45, 7) is 4.41. The third kappa shape index (κ3) is 2.57. The Balaban J connectivity index is 2.07. The first kappa shape index (κ1) is 12.9. The van der Waals surface area contributed by atoms with Gasteiger partial charge in [-0.15, -0.1) is 6.58 Å². The molecule has 0 saturated heterocycles. The number of hydrogen-bond acceptors (Lipinski definition) is 2. The van der Waals surface area contributed by atoms with E-state index in [1.165, 1.54) is 18.4 Å². The molecule has 1 aromatic carbocycles. The Bertz CT molecular complexity index is 623. The number of benzene rings is 1. The lowest BCUT2D eigenvalue weighted by Crippen LogP contribution is -2.00. The monoisotopic (exact) mass is 265 g/mol. The molecule has 2 aromatic rings. The van der Waals surface area contributed by atoms with Crippen LogP contribution in [0.4, 0.5) is 0 Å². The van der Waals surface area contributed by atoms with Gasteiger partial charge in [0.1, 0.15) is 11.4 Å². The summed E-state index contributed by atoms with van der Waals surface area (Å²) in [5.41, 5.74) is 4.49. The standard InChI is InChI=1S/C17H19N3/c1-2-13-20-18-16(14-9-5-3-6-10-14)17(19-20)15-11-7-4-8-12-15/h2-3,5-6,9-11H,1,4,7-8,12-13H2. The topological polar surface area (TPSA) is 30.7 Å². The van der Waals surface area contributed by atoms with Crippen LogP contribution >= 0.6 is 0 Å². The van der Waals surface area contributed by atoms with Crippen molar-refractivity contribution >= 4 is 5.57 Å². The molecule has 3 heteroatoms. The second-order valence-electron chi connectivity index (χ2n) is 5.08. The molecular weight excluding hydrogens is 246 g/mol. The second kappa shape index (κ2) is 5.87. The lowest BCUT2D eigenvalue weighted by atomic mass is 9.95. The van der Waals surface area contributed by atoms with Crippen LogP contribution in [0.15, 0.2) is 49.1 Å². The molecule has 0 radical (unpaired) electrons. The molecule has 1 heterocycles. The quantitative estimate of drug-likeness (QED) is 0.780. The molecule has 0 bridgehead atoms. The minimum Gasteiger partial charge on any atom is -0.180 e. The summed E-state index contributed by atoms with van der Waals surface area (Å²) >= 11 is 0. The zero-order valence-electron chi connectivity index (χ0n) is 11.6. The molecule has 3 nitrogen and oxygen atoms in total. The largest absolute Gasteiger partial charge is 0.180 e. The SMILES string of the molecule is C=CCn1nc(C2=CCCCC2)c(-c2ccccc2)n1. The molecule has 1 aliphatic rings. The van der Waals surface area contributed by atoms with Crippen LogP contribution in [-0.2, 0) is 6.54 Å². The Morgan fingerprint density at radius 3 is 2.60 bits per heavy atom. The van der Waals surface area contributed by atoms with Crippen LogP contribution in [-0.4, -0.2) is 15.0 Å². The van der Waals surface area contributed by atoms with Gasteiger partial charge in [0.05, 0.1) is 6.54 Å². The van der Waals surface area contributed by atoms with Crippen molar-refractivity contribution in [2.45, 2.75) is 32.2 Å². The van der Waals surface area contributed by atoms with Gasteiger partial charge in [-0.2, -0.15) is 15.0 Å².